The highest BCUT2D eigenvalue weighted by molar-refractivity contribution is 9.10. The summed E-state index contributed by atoms with van der Waals surface area (Å²) < 4.78 is 13.8. The van der Waals surface area contributed by atoms with Gasteiger partial charge in [-0.3, -0.25) is 10.1 Å². The van der Waals surface area contributed by atoms with E-state index in [1.807, 2.05) is 0 Å². The summed E-state index contributed by atoms with van der Waals surface area (Å²) in [7, 11) is 0. The summed E-state index contributed by atoms with van der Waals surface area (Å²) in [6.45, 7) is 2.11. The van der Waals surface area contributed by atoms with Crippen LogP contribution >= 0.6 is 15.9 Å². The van der Waals surface area contributed by atoms with Gasteiger partial charge >= 0.3 is 0 Å². The molecule has 0 aliphatic rings. The lowest BCUT2D eigenvalue weighted by molar-refractivity contribution is -0.385. The molecular weight excluding hydrogens is 327 g/mol. The van der Waals surface area contributed by atoms with Gasteiger partial charge in [-0.15, -0.1) is 0 Å². The van der Waals surface area contributed by atoms with Gasteiger partial charge < -0.3 is 5.32 Å². The Balaban J connectivity index is 2.14. The fraction of sp³-hybridized carbons (Fsp3) is 0.143. The van der Waals surface area contributed by atoms with E-state index >= 15 is 0 Å². The van der Waals surface area contributed by atoms with Gasteiger partial charge in [-0.1, -0.05) is 15.9 Å². The van der Waals surface area contributed by atoms with Gasteiger partial charge in [0, 0.05) is 28.8 Å². The number of non-ortho nitro benzene ring substituents is 1. The molecule has 4 nitrogen and oxygen atoms in total. The molecule has 0 saturated heterocycles. The van der Waals surface area contributed by atoms with Gasteiger partial charge in [0.15, 0.2) is 0 Å². The van der Waals surface area contributed by atoms with Crippen LogP contribution in [0.5, 0.6) is 0 Å². The Bertz CT molecular complexity index is 662. The van der Waals surface area contributed by atoms with Crippen molar-refractivity contribution in [3.63, 3.8) is 0 Å². The van der Waals surface area contributed by atoms with Crippen LogP contribution < -0.4 is 5.32 Å². The SMILES string of the molecule is Cc1cc(NCc2cc(Br)cc([N+](=O)[O-])c2)ccc1F. The molecule has 20 heavy (non-hydrogen) atoms. The average molecular weight is 339 g/mol. The summed E-state index contributed by atoms with van der Waals surface area (Å²) >= 11 is 3.25. The highest BCUT2D eigenvalue weighted by Crippen LogP contribution is 2.22. The lowest BCUT2D eigenvalue weighted by atomic mass is 10.2. The van der Waals surface area contributed by atoms with Gasteiger partial charge in [0.25, 0.3) is 5.69 Å². The standard InChI is InChI=1S/C14H12BrFN2O2/c1-9-4-12(2-3-14(9)16)17-8-10-5-11(15)7-13(6-10)18(19)20/h2-7,17H,8H2,1H3. The molecule has 2 rings (SSSR count). The van der Waals surface area contributed by atoms with Crippen molar-refractivity contribution < 1.29 is 9.31 Å². The Morgan fingerprint density at radius 3 is 2.70 bits per heavy atom. The molecule has 0 fully saturated rings. The van der Waals surface area contributed by atoms with Crippen molar-refractivity contribution >= 4 is 27.3 Å². The van der Waals surface area contributed by atoms with Crippen LogP contribution in [0, 0.1) is 22.9 Å². The minimum atomic E-state index is -0.434. The van der Waals surface area contributed by atoms with Crippen molar-refractivity contribution in [3.05, 3.63) is 67.9 Å². The summed E-state index contributed by atoms with van der Waals surface area (Å²) in [6.07, 6.45) is 0. The number of nitrogens with zero attached hydrogens (tertiary/aromatic N) is 1. The predicted octanol–water partition coefficient (Wildman–Crippen LogP) is 4.42. The molecule has 104 valence electrons. The minimum absolute atomic E-state index is 0.0338. The zero-order chi connectivity index (χ0) is 14.7. The molecule has 1 N–H and O–H groups in total. The largest absolute Gasteiger partial charge is 0.381 e. The quantitative estimate of drug-likeness (QED) is 0.663. The number of hydrogen-bond acceptors (Lipinski definition) is 3. The Hall–Kier alpha value is -1.95. The van der Waals surface area contributed by atoms with E-state index in [1.54, 1.807) is 25.1 Å². The maximum absolute atomic E-state index is 13.1. The first-order valence-electron chi connectivity index (χ1n) is 5.89. The van der Waals surface area contributed by atoms with Crippen LogP contribution in [0.2, 0.25) is 0 Å². The molecule has 0 saturated carbocycles. The van der Waals surface area contributed by atoms with Crippen molar-refractivity contribution in [2.45, 2.75) is 13.5 Å². The number of hydrogen-bond donors (Lipinski definition) is 1. The predicted molar refractivity (Wildman–Crippen MR) is 79.3 cm³/mol. The first-order chi connectivity index (χ1) is 9.45. The summed E-state index contributed by atoms with van der Waals surface area (Å²) in [6, 6.07) is 9.48. The van der Waals surface area contributed by atoms with E-state index in [0.29, 0.717) is 16.6 Å². The van der Waals surface area contributed by atoms with Crippen molar-refractivity contribution in [2.75, 3.05) is 5.32 Å². The second kappa shape index (κ2) is 6.00. The van der Waals surface area contributed by atoms with Gasteiger partial charge in [0.1, 0.15) is 5.82 Å². The first-order valence-corrected chi connectivity index (χ1v) is 6.69. The number of halogens is 2. The van der Waals surface area contributed by atoms with Gasteiger partial charge in [-0.2, -0.15) is 0 Å². The van der Waals surface area contributed by atoms with Gasteiger partial charge in [0.05, 0.1) is 4.92 Å². The number of anilines is 1. The summed E-state index contributed by atoms with van der Waals surface area (Å²) in [5.41, 5.74) is 2.13. The molecule has 0 unspecified atom stereocenters. The van der Waals surface area contributed by atoms with Crippen LogP contribution in [0.25, 0.3) is 0 Å². The number of nitro groups is 1. The fourth-order valence-electron chi connectivity index (χ4n) is 1.80. The third-order valence-electron chi connectivity index (χ3n) is 2.81. The molecular formula is C14H12BrFN2O2. The highest BCUT2D eigenvalue weighted by Gasteiger charge is 2.08. The smallest absolute Gasteiger partial charge is 0.270 e. The van der Waals surface area contributed by atoms with Crippen molar-refractivity contribution in [1.82, 2.24) is 0 Å². The number of nitro benzene ring substituents is 1. The topological polar surface area (TPSA) is 55.2 Å². The fourth-order valence-corrected chi connectivity index (χ4v) is 2.33. The molecule has 0 spiro atoms. The van der Waals surface area contributed by atoms with Crippen LogP contribution in [0.3, 0.4) is 0 Å². The van der Waals surface area contributed by atoms with E-state index in [2.05, 4.69) is 21.2 Å². The molecule has 0 aromatic heterocycles. The number of nitrogens with one attached hydrogen (secondary N) is 1. The summed E-state index contributed by atoms with van der Waals surface area (Å²) in [4.78, 5) is 10.4. The number of benzene rings is 2. The molecule has 0 aliphatic carbocycles. The van der Waals surface area contributed by atoms with Crippen molar-refractivity contribution in [3.8, 4) is 0 Å². The normalized spacial score (nSPS) is 10.3. The Morgan fingerprint density at radius 1 is 1.30 bits per heavy atom. The average Bonchev–Trinajstić information content (AvgIpc) is 2.39. The lowest BCUT2D eigenvalue weighted by Crippen LogP contribution is -2.01. The Kier molecular flexibility index (Phi) is 4.34. The van der Waals surface area contributed by atoms with Gasteiger partial charge in [-0.25, -0.2) is 4.39 Å². The highest BCUT2D eigenvalue weighted by atomic mass is 79.9. The maximum Gasteiger partial charge on any atom is 0.270 e. The molecule has 0 aliphatic heterocycles. The van der Waals surface area contributed by atoms with Crippen LogP contribution in [0.15, 0.2) is 40.9 Å². The third kappa shape index (κ3) is 3.54. The molecule has 0 atom stereocenters. The third-order valence-corrected chi connectivity index (χ3v) is 3.27. The van der Waals surface area contributed by atoms with Crippen molar-refractivity contribution in [2.24, 2.45) is 0 Å². The van der Waals surface area contributed by atoms with Crippen LogP contribution in [-0.4, -0.2) is 4.92 Å². The van der Waals surface area contributed by atoms with Crippen LogP contribution in [-0.2, 0) is 6.54 Å². The zero-order valence-corrected chi connectivity index (χ0v) is 12.3. The number of rotatable bonds is 4. The molecule has 0 radical (unpaired) electrons. The molecule has 2 aromatic carbocycles. The number of aryl methyl sites for hydroxylation is 1. The molecule has 0 heterocycles. The van der Waals surface area contributed by atoms with Crippen LogP contribution in [0.4, 0.5) is 15.8 Å². The van der Waals surface area contributed by atoms with E-state index in [9.17, 15) is 14.5 Å². The van der Waals surface area contributed by atoms with Crippen molar-refractivity contribution in [1.29, 1.82) is 0 Å². The van der Waals surface area contributed by atoms with E-state index in [4.69, 9.17) is 0 Å². The zero-order valence-electron chi connectivity index (χ0n) is 10.7. The van der Waals surface area contributed by atoms with E-state index < -0.39 is 4.92 Å². The van der Waals surface area contributed by atoms with Gasteiger partial charge in [0.2, 0.25) is 0 Å². The lowest BCUT2D eigenvalue weighted by Gasteiger charge is -2.08. The first kappa shape index (κ1) is 14.5. The monoisotopic (exact) mass is 338 g/mol. The maximum atomic E-state index is 13.1. The van der Waals surface area contributed by atoms with Crippen LogP contribution in [0.1, 0.15) is 11.1 Å². The Labute approximate surface area is 123 Å². The molecule has 6 heteroatoms. The molecule has 2 aromatic rings. The summed E-state index contributed by atoms with van der Waals surface area (Å²) in [5, 5.41) is 13.9. The van der Waals surface area contributed by atoms with Gasteiger partial charge in [-0.05, 0) is 42.3 Å². The minimum Gasteiger partial charge on any atom is -0.381 e. The Morgan fingerprint density at radius 2 is 2.05 bits per heavy atom. The van der Waals surface area contributed by atoms with E-state index in [1.165, 1.54) is 18.2 Å². The van der Waals surface area contributed by atoms with E-state index in [0.717, 1.165) is 11.3 Å². The molecule has 0 amide bonds. The second-order valence-corrected chi connectivity index (χ2v) is 5.31. The summed E-state index contributed by atoms with van der Waals surface area (Å²) in [5.74, 6) is -0.256. The second-order valence-electron chi connectivity index (χ2n) is 4.39. The van der Waals surface area contributed by atoms with E-state index in [-0.39, 0.29) is 11.5 Å². The molecule has 0 bridgehead atoms.